The Hall–Kier alpha value is -2.36. The van der Waals surface area contributed by atoms with Crippen molar-refractivity contribution in [1.29, 1.82) is 0 Å². The highest BCUT2D eigenvalue weighted by Gasteiger charge is 2.26. The van der Waals surface area contributed by atoms with Gasteiger partial charge in [-0.3, -0.25) is 4.98 Å². The molecule has 1 atom stereocenters. The smallest absolute Gasteiger partial charge is 0.339 e. The van der Waals surface area contributed by atoms with E-state index in [1.165, 1.54) is 11.8 Å². The van der Waals surface area contributed by atoms with Gasteiger partial charge in [0.15, 0.2) is 0 Å². The van der Waals surface area contributed by atoms with Crippen LogP contribution in [0.15, 0.2) is 42.6 Å². The van der Waals surface area contributed by atoms with E-state index < -0.39 is 5.97 Å². The van der Waals surface area contributed by atoms with Crippen LogP contribution in [0.4, 0.5) is 5.69 Å². The standard InChI is InChI=1S/C17H18N2O2/c1-12-9-16(15(10-18-12)17(20)21)19-8-7-14(11-19)13-5-3-2-4-6-13/h2-6,9-10,14H,7-8,11H2,1H3,(H,20,21). The molecule has 1 unspecified atom stereocenters. The summed E-state index contributed by atoms with van der Waals surface area (Å²) in [5.41, 5.74) is 3.24. The lowest BCUT2D eigenvalue weighted by molar-refractivity contribution is 0.0697. The monoisotopic (exact) mass is 282 g/mol. The zero-order valence-electron chi connectivity index (χ0n) is 12.0. The lowest BCUT2D eigenvalue weighted by Crippen LogP contribution is -2.22. The summed E-state index contributed by atoms with van der Waals surface area (Å²) >= 11 is 0. The van der Waals surface area contributed by atoms with Gasteiger partial charge in [-0.25, -0.2) is 4.79 Å². The van der Waals surface area contributed by atoms with Crippen LogP contribution < -0.4 is 4.90 Å². The number of hydrogen-bond acceptors (Lipinski definition) is 3. The molecule has 4 nitrogen and oxygen atoms in total. The molecule has 2 aromatic rings. The Morgan fingerprint density at radius 1 is 1.33 bits per heavy atom. The van der Waals surface area contributed by atoms with Crippen molar-refractivity contribution in [1.82, 2.24) is 4.98 Å². The summed E-state index contributed by atoms with van der Waals surface area (Å²) in [4.78, 5) is 17.6. The number of benzene rings is 1. The third kappa shape index (κ3) is 2.75. The van der Waals surface area contributed by atoms with Gasteiger partial charge in [-0.1, -0.05) is 30.3 Å². The van der Waals surface area contributed by atoms with E-state index >= 15 is 0 Å². The molecule has 0 amide bonds. The van der Waals surface area contributed by atoms with Crippen LogP contribution in [0.5, 0.6) is 0 Å². The highest BCUT2D eigenvalue weighted by atomic mass is 16.4. The number of rotatable bonds is 3. The normalized spacial score (nSPS) is 18.0. The van der Waals surface area contributed by atoms with Crippen LogP contribution in [-0.2, 0) is 0 Å². The number of nitrogens with zero attached hydrogens (tertiary/aromatic N) is 2. The summed E-state index contributed by atoms with van der Waals surface area (Å²) in [5, 5.41) is 9.33. The minimum atomic E-state index is -0.916. The molecule has 1 N–H and O–H groups in total. The first-order valence-electron chi connectivity index (χ1n) is 7.15. The predicted molar refractivity (Wildman–Crippen MR) is 81.9 cm³/mol. The second kappa shape index (κ2) is 5.56. The Balaban J connectivity index is 1.86. The number of aromatic carboxylic acids is 1. The average Bonchev–Trinajstić information content (AvgIpc) is 2.97. The van der Waals surface area contributed by atoms with Crippen molar-refractivity contribution < 1.29 is 9.90 Å². The van der Waals surface area contributed by atoms with E-state index in [4.69, 9.17) is 0 Å². The van der Waals surface area contributed by atoms with Crippen LogP contribution in [0.3, 0.4) is 0 Å². The van der Waals surface area contributed by atoms with E-state index in [0.29, 0.717) is 5.92 Å². The number of anilines is 1. The van der Waals surface area contributed by atoms with E-state index in [9.17, 15) is 9.90 Å². The van der Waals surface area contributed by atoms with Gasteiger partial charge < -0.3 is 10.0 Å². The third-order valence-corrected chi connectivity index (χ3v) is 4.05. The predicted octanol–water partition coefficient (Wildman–Crippen LogP) is 3.08. The number of hydrogen-bond donors (Lipinski definition) is 1. The fourth-order valence-corrected chi connectivity index (χ4v) is 2.95. The minimum absolute atomic E-state index is 0.286. The Kier molecular flexibility index (Phi) is 3.60. The van der Waals surface area contributed by atoms with E-state index in [-0.39, 0.29) is 5.56 Å². The molecule has 1 fully saturated rings. The lowest BCUT2D eigenvalue weighted by Gasteiger charge is -2.21. The summed E-state index contributed by atoms with van der Waals surface area (Å²) in [6, 6.07) is 12.3. The molecule has 0 spiro atoms. The van der Waals surface area contributed by atoms with Gasteiger partial charge in [-0.05, 0) is 25.0 Å². The van der Waals surface area contributed by atoms with Crippen molar-refractivity contribution in [2.24, 2.45) is 0 Å². The highest BCUT2D eigenvalue weighted by Crippen LogP contribution is 2.32. The van der Waals surface area contributed by atoms with Crippen LogP contribution in [0, 0.1) is 6.92 Å². The van der Waals surface area contributed by atoms with Crippen LogP contribution in [0.25, 0.3) is 0 Å². The Morgan fingerprint density at radius 3 is 2.81 bits per heavy atom. The number of carboxylic acid groups (broad SMARTS) is 1. The van der Waals surface area contributed by atoms with Gasteiger partial charge in [0.2, 0.25) is 0 Å². The summed E-state index contributed by atoms with van der Waals surface area (Å²) in [7, 11) is 0. The van der Waals surface area contributed by atoms with Crippen LogP contribution in [0.1, 0.15) is 34.0 Å². The number of aromatic nitrogens is 1. The molecule has 1 aliphatic heterocycles. The molecule has 2 heterocycles. The fraction of sp³-hybridized carbons (Fsp3) is 0.294. The minimum Gasteiger partial charge on any atom is -0.478 e. The van der Waals surface area contributed by atoms with Gasteiger partial charge in [0, 0.05) is 30.9 Å². The van der Waals surface area contributed by atoms with Gasteiger partial charge in [0.25, 0.3) is 0 Å². The van der Waals surface area contributed by atoms with E-state index in [1.54, 1.807) is 0 Å². The molecule has 1 aromatic carbocycles. The van der Waals surface area contributed by atoms with E-state index in [0.717, 1.165) is 30.9 Å². The first-order chi connectivity index (χ1) is 10.1. The number of pyridine rings is 1. The SMILES string of the molecule is Cc1cc(N2CCC(c3ccccc3)C2)c(C(=O)O)cn1. The molecular formula is C17H18N2O2. The van der Waals surface area contributed by atoms with Crippen molar-refractivity contribution in [3.8, 4) is 0 Å². The van der Waals surface area contributed by atoms with Crippen molar-refractivity contribution in [3.05, 3.63) is 59.4 Å². The summed E-state index contributed by atoms with van der Waals surface area (Å²) in [6.45, 7) is 3.62. The highest BCUT2D eigenvalue weighted by molar-refractivity contribution is 5.94. The van der Waals surface area contributed by atoms with Crippen molar-refractivity contribution >= 4 is 11.7 Å². The molecule has 108 valence electrons. The molecule has 1 saturated heterocycles. The van der Waals surface area contributed by atoms with Gasteiger partial charge in [0.05, 0.1) is 5.69 Å². The molecule has 0 saturated carbocycles. The van der Waals surface area contributed by atoms with Crippen molar-refractivity contribution in [2.45, 2.75) is 19.3 Å². The summed E-state index contributed by atoms with van der Waals surface area (Å²) in [6.07, 6.45) is 2.51. The molecule has 4 heteroatoms. The molecule has 0 radical (unpaired) electrons. The van der Waals surface area contributed by atoms with Gasteiger partial charge in [-0.2, -0.15) is 0 Å². The number of carboxylic acids is 1. The molecule has 1 aliphatic rings. The molecule has 0 aliphatic carbocycles. The van der Waals surface area contributed by atoms with E-state index in [2.05, 4.69) is 34.1 Å². The largest absolute Gasteiger partial charge is 0.478 e. The number of aryl methyl sites for hydroxylation is 1. The maximum absolute atomic E-state index is 11.4. The molecule has 0 bridgehead atoms. The van der Waals surface area contributed by atoms with Crippen molar-refractivity contribution in [2.75, 3.05) is 18.0 Å². The zero-order chi connectivity index (χ0) is 14.8. The van der Waals surface area contributed by atoms with Gasteiger partial charge in [0.1, 0.15) is 5.56 Å². The molecule has 21 heavy (non-hydrogen) atoms. The van der Waals surface area contributed by atoms with Gasteiger partial charge >= 0.3 is 5.97 Å². The quantitative estimate of drug-likeness (QED) is 0.940. The Labute approximate surface area is 124 Å². The van der Waals surface area contributed by atoms with Crippen LogP contribution in [0.2, 0.25) is 0 Å². The van der Waals surface area contributed by atoms with Crippen molar-refractivity contribution in [3.63, 3.8) is 0 Å². The van der Waals surface area contributed by atoms with E-state index in [1.807, 2.05) is 19.1 Å². The Morgan fingerprint density at radius 2 is 2.10 bits per heavy atom. The van der Waals surface area contributed by atoms with Gasteiger partial charge in [-0.15, -0.1) is 0 Å². The number of carbonyl (C=O) groups is 1. The molecule has 1 aromatic heterocycles. The fourth-order valence-electron chi connectivity index (χ4n) is 2.95. The maximum Gasteiger partial charge on any atom is 0.339 e. The molecular weight excluding hydrogens is 264 g/mol. The lowest BCUT2D eigenvalue weighted by atomic mass is 9.99. The first-order valence-corrected chi connectivity index (χ1v) is 7.15. The second-order valence-electron chi connectivity index (χ2n) is 5.49. The third-order valence-electron chi connectivity index (χ3n) is 4.05. The zero-order valence-corrected chi connectivity index (χ0v) is 12.0. The topological polar surface area (TPSA) is 53.4 Å². The van der Waals surface area contributed by atoms with Crippen LogP contribution >= 0.6 is 0 Å². The second-order valence-corrected chi connectivity index (χ2v) is 5.49. The molecule has 3 rings (SSSR count). The first kappa shape index (κ1) is 13.6. The summed E-state index contributed by atoms with van der Waals surface area (Å²) in [5.74, 6) is -0.457. The summed E-state index contributed by atoms with van der Waals surface area (Å²) < 4.78 is 0. The van der Waals surface area contributed by atoms with Crippen LogP contribution in [-0.4, -0.2) is 29.1 Å². The average molecular weight is 282 g/mol. The Bertz CT molecular complexity index is 655. The maximum atomic E-state index is 11.4.